The molecule has 0 radical (unpaired) electrons. The molecule has 0 bridgehead atoms. The van der Waals surface area contributed by atoms with Gasteiger partial charge in [0.2, 0.25) is 0 Å². The van der Waals surface area contributed by atoms with Crippen molar-refractivity contribution >= 4 is 11.0 Å². The van der Waals surface area contributed by atoms with E-state index in [1.54, 1.807) is 0 Å². The Balaban J connectivity index is 1.93. The SMILES string of the molecule is CCc1nc2cc(C3CCC(O)CC3)ccc2n1C. The number of aryl methyl sites for hydroxylation is 2. The average molecular weight is 258 g/mol. The van der Waals surface area contributed by atoms with Crippen LogP contribution in [0, 0.1) is 0 Å². The van der Waals surface area contributed by atoms with E-state index >= 15 is 0 Å². The maximum Gasteiger partial charge on any atom is 0.109 e. The van der Waals surface area contributed by atoms with Gasteiger partial charge < -0.3 is 9.67 Å². The van der Waals surface area contributed by atoms with Gasteiger partial charge in [0.15, 0.2) is 0 Å². The maximum absolute atomic E-state index is 9.60. The molecule has 1 saturated carbocycles. The van der Waals surface area contributed by atoms with Gasteiger partial charge in [0.1, 0.15) is 5.82 Å². The van der Waals surface area contributed by atoms with E-state index in [2.05, 4.69) is 36.7 Å². The summed E-state index contributed by atoms with van der Waals surface area (Å²) in [5.74, 6) is 1.74. The molecule has 1 aliphatic rings. The molecule has 0 atom stereocenters. The predicted octanol–water partition coefficient (Wildman–Crippen LogP) is 3.15. The number of hydrogen-bond donors (Lipinski definition) is 1. The van der Waals surface area contributed by atoms with Crippen LogP contribution in [0.5, 0.6) is 0 Å². The van der Waals surface area contributed by atoms with Gasteiger partial charge in [0, 0.05) is 13.5 Å². The fourth-order valence-corrected chi connectivity index (χ4v) is 3.25. The van der Waals surface area contributed by atoms with Crippen molar-refractivity contribution in [3.63, 3.8) is 0 Å². The molecular formula is C16H22N2O. The molecule has 1 heterocycles. The smallest absolute Gasteiger partial charge is 0.109 e. The zero-order chi connectivity index (χ0) is 13.4. The van der Waals surface area contributed by atoms with Crippen molar-refractivity contribution in [3.05, 3.63) is 29.6 Å². The van der Waals surface area contributed by atoms with Crippen LogP contribution in [-0.4, -0.2) is 20.8 Å². The quantitative estimate of drug-likeness (QED) is 0.898. The van der Waals surface area contributed by atoms with Gasteiger partial charge in [-0.3, -0.25) is 0 Å². The molecule has 0 aliphatic heterocycles. The lowest BCUT2D eigenvalue weighted by Gasteiger charge is -2.25. The molecule has 0 saturated heterocycles. The van der Waals surface area contributed by atoms with Gasteiger partial charge in [0.25, 0.3) is 0 Å². The van der Waals surface area contributed by atoms with Crippen LogP contribution in [0.1, 0.15) is 49.9 Å². The van der Waals surface area contributed by atoms with Crippen LogP contribution < -0.4 is 0 Å². The van der Waals surface area contributed by atoms with E-state index in [0.717, 1.165) is 43.4 Å². The van der Waals surface area contributed by atoms with Crippen LogP contribution in [0.2, 0.25) is 0 Å². The number of imidazole rings is 1. The first-order chi connectivity index (χ1) is 9.19. The Hall–Kier alpha value is -1.35. The summed E-state index contributed by atoms with van der Waals surface area (Å²) in [6.07, 6.45) is 4.95. The van der Waals surface area contributed by atoms with Gasteiger partial charge in [0.05, 0.1) is 17.1 Å². The van der Waals surface area contributed by atoms with E-state index in [1.807, 2.05) is 0 Å². The number of aliphatic hydroxyl groups excluding tert-OH is 1. The van der Waals surface area contributed by atoms with Crippen LogP contribution in [0.25, 0.3) is 11.0 Å². The van der Waals surface area contributed by atoms with E-state index in [0.29, 0.717) is 5.92 Å². The van der Waals surface area contributed by atoms with Crippen molar-refractivity contribution in [3.8, 4) is 0 Å². The molecule has 1 aliphatic carbocycles. The molecule has 19 heavy (non-hydrogen) atoms. The van der Waals surface area contributed by atoms with Crippen LogP contribution in [-0.2, 0) is 13.5 Å². The van der Waals surface area contributed by atoms with Gasteiger partial charge in [-0.2, -0.15) is 0 Å². The lowest BCUT2D eigenvalue weighted by atomic mass is 9.83. The Morgan fingerprint density at radius 3 is 2.68 bits per heavy atom. The molecule has 2 aromatic rings. The highest BCUT2D eigenvalue weighted by atomic mass is 16.3. The zero-order valence-corrected chi connectivity index (χ0v) is 11.8. The number of nitrogens with zero attached hydrogens (tertiary/aromatic N) is 2. The Kier molecular flexibility index (Phi) is 3.31. The number of aromatic nitrogens is 2. The molecule has 0 unspecified atom stereocenters. The summed E-state index contributed by atoms with van der Waals surface area (Å²) in [7, 11) is 2.09. The Morgan fingerprint density at radius 1 is 1.26 bits per heavy atom. The number of hydrogen-bond acceptors (Lipinski definition) is 2. The summed E-state index contributed by atoms with van der Waals surface area (Å²) in [6, 6.07) is 6.69. The molecule has 3 heteroatoms. The molecular weight excluding hydrogens is 236 g/mol. The number of benzene rings is 1. The fourth-order valence-electron chi connectivity index (χ4n) is 3.25. The monoisotopic (exact) mass is 258 g/mol. The molecule has 3 nitrogen and oxygen atoms in total. The van der Waals surface area contributed by atoms with E-state index in [9.17, 15) is 5.11 Å². The van der Waals surface area contributed by atoms with Crippen molar-refractivity contribution in [2.75, 3.05) is 0 Å². The summed E-state index contributed by atoms with van der Waals surface area (Å²) < 4.78 is 2.18. The molecule has 1 aromatic carbocycles. The molecule has 102 valence electrons. The Labute approximate surface area is 114 Å². The standard InChI is InChI=1S/C16H22N2O/c1-3-16-17-14-10-12(6-9-15(14)18(16)2)11-4-7-13(19)8-5-11/h6,9-11,13,19H,3-5,7-8H2,1-2H3. The normalized spacial score (nSPS) is 23.9. The van der Waals surface area contributed by atoms with Gasteiger partial charge in [-0.05, 0) is 49.3 Å². The molecule has 0 spiro atoms. The van der Waals surface area contributed by atoms with E-state index in [4.69, 9.17) is 4.98 Å². The van der Waals surface area contributed by atoms with Crippen molar-refractivity contribution in [2.24, 2.45) is 7.05 Å². The topological polar surface area (TPSA) is 38.1 Å². The third kappa shape index (κ3) is 2.27. The Morgan fingerprint density at radius 2 is 2.00 bits per heavy atom. The zero-order valence-electron chi connectivity index (χ0n) is 11.8. The van der Waals surface area contributed by atoms with E-state index in [-0.39, 0.29) is 6.10 Å². The third-order valence-corrected chi connectivity index (χ3v) is 4.48. The summed E-state index contributed by atoms with van der Waals surface area (Å²) >= 11 is 0. The van der Waals surface area contributed by atoms with E-state index < -0.39 is 0 Å². The summed E-state index contributed by atoms with van der Waals surface area (Å²) in [6.45, 7) is 2.14. The molecule has 1 N–H and O–H groups in total. The third-order valence-electron chi connectivity index (χ3n) is 4.48. The number of aliphatic hydroxyl groups is 1. The van der Waals surface area contributed by atoms with Crippen LogP contribution >= 0.6 is 0 Å². The minimum absolute atomic E-state index is 0.0819. The first-order valence-electron chi connectivity index (χ1n) is 7.32. The van der Waals surface area contributed by atoms with Crippen LogP contribution in [0.4, 0.5) is 0 Å². The summed E-state index contributed by atoms with van der Waals surface area (Å²) in [4.78, 5) is 4.71. The summed E-state index contributed by atoms with van der Waals surface area (Å²) in [5, 5.41) is 9.60. The second-order valence-corrected chi connectivity index (χ2v) is 5.69. The van der Waals surface area contributed by atoms with E-state index in [1.165, 1.54) is 11.1 Å². The first-order valence-corrected chi connectivity index (χ1v) is 7.32. The minimum atomic E-state index is -0.0819. The second kappa shape index (κ2) is 4.97. The van der Waals surface area contributed by atoms with Crippen LogP contribution in [0.15, 0.2) is 18.2 Å². The van der Waals surface area contributed by atoms with Crippen molar-refractivity contribution < 1.29 is 5.11 Å². The maximum atomic E-state index is 9.60. The van der Waals surface area contributed by atoms with Gasteiger partial charge in [-0.1, -0.05) is 13.0 Å². The van der Waals surface area contributed by atoms with Gasteiger partial charge >= 0.3 is 0 Å². The van der Waals surface area contributed by atoms with Gasteiger partial charge in [-0.25, -0.2) is 4.98 Å². The van der Waals surface area contributed by atoms with Crippen molar-refractivity contribution in [1.29, 1.82) is 0 Å². The second-order valence-electron chi connectivity index (χ2n) is 5.69. The molecule has 1 aromatic heterocycles. The highest BCUT2D eigenvalue weighted by Crippen LogP contribution is 2.34. The summed E-state index contributed by atoms with van der Waals surface area (Å²) in [5.41, 5.74) is 3.72. The highest BCUT2D eigenvalue weighted by Gasteiger charge is 2.21. The molecule has 1 fully saturated rings. The number of fused-ring (bicyclic) bond motifs is 1. The van der Waals surface area contributed by atoms with Crippen LogP contribution in [0.3, 0.4) is 0 Å². The Bertz CT molecular complexity index is 580. The largest absolute Gasteiger partial charge is 0.393 e. The highest BCUT2D eigenvalue weighted by molar-refractivity contribution is 5.77. The first kappa shape index (κ1) is 12.7. The molecule has 3 rings (SSSR count). The van der Waals surface area contributed by atoms with Crippen molar-refractivity contribution in [2.45, 2.75) is 51.0 Å². The average Bonchev–Trinajstić information content (AvgIpc) is 2.76. The predicted molar refractivity (Wildman–Crippen MR) is 77.3 cm³/mol. The number of rotatable bonds is 2. The van der Waals surface area contributed by atoms with Gasteiger partial charge in [-0.15, -0.1) is 0 Å². The minimum Gasteiger partial charge on any atom is -0.393 e. The van der Waals surface area contributed by atoms with Crippen molar-refractivity contribution in [1.82, 2.24) is 9.55 Å². The fraction of sp³-hybridized carbons (Fsp3) is 0.562. The lowest BCUT2D eigenvalue weighted by molar-refractivity contribution is 0.122. The molecule has 0 amide bonds. The lowest BCUT2D eigenvalue weighted by Crippen LogP contribution is -2.16.